The fourth-order valence-electron chi connectivity index (χ4n) is 5.72. The summed E-state index contributed by atoms with van der Waals surface area (Å²) in [5, 5.41) is 8.81. The molecule has 0 unspecified atom stereocenters. The summed E-state index contributed by atoms with van der Waals surface area (Å²) < 4.78 is 10.9. The summed E-state index contributed by atoms with van der Waals surface area (Å²) >= 11 is 0. The van der Waals surface area contributed by atoms with Crippen molar-refractivity contribution in [3.63, 3.8) is 0 Å². The van der Waals surface area contributed by atoms with Crippen LogP contribution in [0.5, 0.6) is 5.75 Å². The van der Waals surface area contributed by atoms with E-state index in [9.17, 15) is 9.59 Å². The summed E-state index contributed by atoms with van der Waals surface area (Å²) in [6, 6.07) is 8.57. The predicted molar refractivity (Wildman–Crippen MR) is 97.8 cm³/mol. The average molecular weight is 367 g/mol. The van der Waals surface area contributed by atoms with E-state index in [1.54, 1.807) is 31.2 Å². The number of nitriles is 1. The first-order valence-corrected chi connectivity index (χ1v) is 9.84. The van der Waals surface area contributed by atoms with E-state index in [0.29, 0.717) is 29.1 Å². The van der Waals surface area contributed by atoms with E-state index >= 15 is 0 Å². The van der Waals surface area contributed by atoms with Gasteiger partial charge in [-0.05, 0) is 87.5 Å². The Kier molecular flexibility index (Phi) is 4.67. The number of esters is 1. The first-order valence-electron chi connectivity index (χ1n) is 9.84. The van der Waals surface area contributed by atoms with Crippen molar-refractivity contribution in [1.29, 1.82) is 5.26 Å². The molecule has 142 valence electrons. The summed E-state index contributed by atoms with van der Waals surface area (Å²) in [6.07, 6.45) is 5.97. The van der Waals surface area contributed by atoms with Crippen molar-refractivity contribution in [2.75, 3.05) is 6.61 Å². The fraction of sp³-hybridized carbons (Fsp3) is 0.591. The van der Waals surface area contributed by atoms with Gasteiger partial charge in [0.2, 0.25) is 0 Å². The summed E-state index contributed by atoms with van der Waals surface area (Å²) in [7, 11) is 0. The highest BCUT2D eigenvalue weighted by molar-refractivity contribution is 5.88. The monoisotopic (exact) mass is 367 g/mol. The Morgan fingerprint density at radius 1 is 1.11 bits per heavy atom. The second kappa shape index (κ2) is 6.99. The van der Waals surface area contributed by atoms with Gasteiger partial charge in [-0.1, -0.05) is 0 Å². The largest absolute Gasteiger partial charge is 0.479 e. The number of benzene rings is 1. The summed E-state index contributed by atoms with van der Waals surface area (Å²) in [6.45, 7) is 1.46. The van der Waals surface area contributed by atoms with Crippen LogP contribution in [0, 0.1) is 34.5 Å². The number of carbonyl (C=O) groups is 2. The molecule has 1 aromatic carbocycles. The molecule has 0 amide bonds. The van der Waals surface area contributed by atoms with Crippen molar-refractivity contribution in [3.8, 4) is 11.8 Å². The van der Waals surface area contributed by atoms with Gasteiger partial charge in [-0.3, -0.25) is 4.79 Å². The number of hydrogen-bond acceptors (Lipinski definition) is 5. The van der Waals surface area contributed by atoms with Crippen LogP contribution in [0.25, 0.3) is 0 Å². The van der Waals surface area contributed by atoms with Gasteiger partial charge in [0.15, 0.2) is 18.5 Å². The molecular weight excluding hydrogens is 342 g/mol. The highest BCUT2D eigenvalue weighted by atomic mass is 16.6. The summed E-state index contributed by atoms with van der Waals surface area (Å²) in [4.78, 5) is 25.2. The minimum absolute atomic E-state index is 0.0977. The standard InChI is InChI=1S/C22H25NO4/c1-14(27-19-4-2-15(12-23)3-5-19)21(25)26-13-20(24)22-9-16-6-17(10-22)8-18(7-16)11-22/h2-5,14,16-18H,6-11,13H2,1H3/t14-,16?,17?,18?,22?/m1/s1. The molecule has 0 heterocycles. The van der Waals surface area contributed by atoms with Crippen molar-refractivity contribution in [2.45, 2.75) is 51.6 Å². The van der Waals surface area contributed by atoms with E-state index in [1.165, 1.54) is 19.3 Å². The van der Waals surface area contributed by atoms with Gasteiger partial charge in [0.25, 0.3) is 0 Å². The van der Waals surface area contributed by atoms with Gasteiger partial charge in [-0.25, -0.2) is 4.79 Å². The van der Waals surface area contributed by atoms with Crippen LogP contribution in [-0.2, 0) is 14.3 Å². The van der Waals surface area contributed by atoms with Crippen LogP contribution in [0.15, 0.2) is 24.3 Å². The van der Waals surface area contributed by atoms with E-state index in [-0.39, 0.29) is 17.8 Å². The number of nitrogens with zero attached hydrogens (tertiary/aromatic N) is 1. The molecule has 4 saturated carbocycles. The lowest BCUT2D eigenvalue weighted by Gasteiger charge is -2.55. The Hall–Kier alpha value is -2.35. The van der Waals surface area contributed by atoms with Gasteiger partial charge in [0, 0.05) is 5.41 Å². The molecule has 4 aliphatic carbocycles. The molecule has 0 saturated heterocycles. The van der Waals surface area contributed by atoms with E-state index in [4.69, 9.17) is 14.7 Å². The molecule has 5 rings (SSSR count). The Bertz CT molecular complexity index is 741. The molecule has 4 aliphatic rings. The Labute approximate surface area is 159 Å². The van der Waals surface area contributed by atoms with Gasteiger partial charge < -0.3 is 9.47 Å². The van der Waals surface area contributed by atoms with Crippen LogP contribution in [0.4, 0.5) is 0 Å². The quantitative estimate of drug-likeness (QED) is 0.717. The zero-order chi connectivity index (χ0) is 19.0. The summed E-state index contributed by atoms with van der Waals surface area (Å²) in [5.41, 5.74) is 0.283. The minimum atomic E-state index is -0.804. The maximum Gasteiger partial charge on any atom is 0.347 e. The van der Waals surface area contributed by atoms with Crippen molar-refractivity contribution < 1.29 is 19.1 Å². The van der Waals surface area contributed by atoms with E-state index in [1.807, 2.05) is 6.07 Å². The highest BCUT2D eigenvalue weighted by Gasteiger charge is 2.54. The molecular formula is C22H25NO4. The molecule has 5 heteroatoms. The molecule has 0 aromatic heterocycles. The van der Waals surface area contributed by atoms with E-state index in [2.05, 4.69) is 0 Å². The normalized spacial score (nSPS) is 31.8. The molecule has 4 fully saturated rings. The van der Waals surface area contributed by atoms with E-state index < -0.39 is 12.1 Å². The maximum atomic E-state index is 12.9. The molecule has 0 N–H and O–H groups in total. The smallest absolute Gasteiger partial charge is 0.347 e. The van der Waals surface area contributed by atoms with Crippen LogP contribution in [0.1, 0.15) is 51.0 Å². The van der Waals surface area contributed by atoms with Crippen LogP contribution < -0.4 is 4.74 Å². The number of hydrogen-bond donors (Lipinski definition) is 0. The number of ether oxygens (including phenoxy) is 2. The Morgan fingerprint density at radius 2 is 1.67 bits per heavy atom. The predicted octanol–water partition coefficient (Wildman–Crippen LogP) is 3.65. The molecule has 0 spiro atoms. The van der Waals surface area contributed by atoms with Crippen molar-refractivity contribution in [1.82, 2.24) is 0 Å². The fourth-order valence-corrected chi connectivity index (χ4v) is 5.72. The topological polar surface area (TPSA) is 76.4 Å². The van der Waals surface area contributed by atoms with Crippen molar-refractivity contribution >= 4 is 11.8 Å². The van der Waals surface area contributed by atoms with Crippen molar-refractivity contribution in [3.05, 3.63) is 29.8 Å². The average Bonchev–Trinajstić information content (AvgIpc) is 2.65. The van der Waals surface area contributed by atoms with Crippen molar-refractivity contribution in [2.24, 2.45) is 23.2 Å². The number of rotatable bonds is 6. The molecule has 5 nitrogen and oxygen atoms in total. The lowest BCUT2D eigenvalue weighted by molar-refractivity contribution is -0.161. The third-order valence-electron chi connectivity index (χ3n) is 6.60. The SMILES string of the molecule is C[C@@H](Oc1ccc(C#N)cc1)C(=O)OCC(=O)C12CC3CC(CC(C3)C1)C2. The van der Waals surface area contributed by atoms with Gasteiger partial charge in [0.1, 0.15) is 5.75 Å². The van der Waals surface area contributed by atoms with Crippen LogP contribution in [0.2, 0.25) is 0 Å². The molecule has 4 bridgehead atoms. The highest BCUT2D eigenvalue weighted by Crippen LogP contribution is 2.60. The second-order valence-corrected chi connectivity index (χ2v) is 8.63. The third-order valence-corrected chi connectivity index (χ3v) is 6.60. The molecule has 27 heavy (non-hydrogen) atoms. The lowest BCUT2D eigenvalue weighted by Crippen LogP contribution is -2.51. The molecule has 0 aliphatic heterocycles. The van der Waals surface area contributed by atoms with Crippen LogP contribution in [0.3, 0.4) is 0 Å². The maximum absolute atomic E-state index is 12.9. The number of carbonyl (C=O) groups excluding carboxylic acids is 2. The lowest BCUT2D eigenvalue weighted by atomic mass is 9.48. The van der Waals surface area contributed by atoms with Gasteiger partial charge in [-0.2, -0.15) is 5.26 Å². The molecule has 1 aromatic rings. The first-order chi connectivity index (χ1) is 13.0. The Morgan fingerprint density at radius 3 is 2.19 bits per heavy atom. The number of Topliss-reactive ketones (excluding diaryl/α,β-unsaturated/α-hetero) is 1. The minimum Gasteiger partial charge on any atom is -0.479 e. The van der Waals surface area contributed by atoms with Gasteiger partial charge in [-0.15, -0.1) is 0 Å². The van der Waals surface area contributed by atoms with Gasteiger partial charge in [0.05, 0.1) is 11.6 Å². The van der Waals surface area contributed by atoms with E-state index in [0.717, 1.165) is 19.3 Å². The van der Waals surface area contributed by atoms with Crippen LogP contribution in [-0.4, -0.2) is 24.5 Å². The molecule has 1 atom stereocenters. The second-order valence-electron chi connectivity index (χ2n) is 8.63. The zero-order valence-electron chi connectivity index (χ0n) is 15.6. The molecule has 0 radical (unpaired) electrons. The Balaban J connectivity index is 1.31. The van der Waals surface area contributed by atoms with Gasteiger partial charge >= 0.3 is 5.97 Å². The number of ketones is 1. The van der Waals surface area contributed by atoms with Crippen LogP contribution >= 0.6 is 0 Å². The summed E-state index contributed by atoms with van der Waals surface area (Å²) in [5.74, 6) is 2.13. The zero-order valence-corrected chi connectivity index (χ0v) is 15.6. The first kappa shape index (κ1) is 18.0. The third kappa shape index (κ3) is 3.58.